The van der Waals surface area contributed by atoms with Crippen LogP contribution in [-0.2, 0) is 18.8 Å². The summed E-state index contributed by atoms with van der Waals surface area (Å²) in [5.41, 5.74) is -2.04. The van der Waals surface area contributed by atoms with Crippen molar-refractivity contribution in [3.05, 3.63) is 82.1 Å². The fraction of sp³-hybridized carbons (Fsp3) is 0.150. The number of alkyl halides is 6. The molecule has 14 heteroatoms. The van der Waals surface area contributed by atoms with Crippen LogP contribution in [0.4, 0.5) is 31.5 Å². The van der Waals surface area contributed by atoms with Gasteiger partial charge in [-0.1, -0.05) is 0 Å². The number of carbonyl (C=O) groups excluding carboxylic acids is 1. The predicted molar refractivity (Wildman–Crippen MR) is 108 cm³/mol. The molecule has 0 bridgehead atoms. The number of halogens is 6. The highest BCUT2D eigenvalue weighted by atomic mass is 32.1. The molecule has 4 aromatic rings. The SMILES string of the molecule is O=C(Nc1ncc(Cc2cc(C(F)(F)F)cc(C(F)(F)F)c2)s1)c1ccc(-n2cnnn2)cc1. The van der Waals surface area contributed by atoms with Gasteiger partial charge in [0.2, 0.25) is 0 Å². The molecule has 0 aliphatic heterocycles. The van der Waals surface area contributed by atoms with Crippen molar-refractivity contribution in [2.75, 3.05) is 5.32 Å². The number of nitrogens with zero attached hydrogens (tertiary/aromatic N) is 5. The van der Waals surface area contributed by atoms with Crippen LogP contribution in [0.25, 0.3) is 5.69 Å². The maximum Gasteiger partial charge on any atom is 0.416 e. The topological polar surface area (TPSA) is 85.6 Å². The zero-order valence-electron chi connectivity index (χ0n) is 16.7. The average molecular weight is 498 g/mol. The van der Waals surface area contributed by atoms with Crippen LogP contribution in [0.1, 0.15) is 31.9 Å². The van der Waals surface area contributed by atoms with Gasteiger partial charge in [-0.05, 0) is 58.5 Å². The van der Waals surface area contributed by atoms with Gasteiger partial charge in [0.15, 0.2) is 5.13 Å². The van der Waals surface area contributed by atoms with E-state index in [9.17, 15) is 31.1 Å². The minimum Gasteiger partial charge on any atom is -0.298 e. The quantitative estimate of drug-likeness (QED) is 0.392. The highest BCUT2D eigenvalue weighted by Crippen LogP contribution is 2.37. The van der Waals surface area contributed by atoms with E-state index >= 15 is 0 Å². The summed E-state index contributed by atoms with van der Waals surface area (Å²) in [5, 5.41) is 13.4. The Kier molecular flexibility index (Phi) is 6.08. The van der Waals surface area contributed by atoms with Crippen molar-refractivity contribution in [2.45, 2.75) is 18.8 Å². The minimum atomic E-state index is -4.93. The maximum absolute atomic E-state index is 13.1. The second-order valence-electron chi connectivity index (χ2n) is 6.98. The highest BCUT2D eigenvalue weighted by molar-refractivity contribution is 7.15. The summed E-state index contributed by atoms with van der Waals surface area (Å²) in [6, 6.07) is 7.70. The zero-order valence-corrected chi connectivity index (χ0v) is 17.5. The lowest BCUT2D eigenvalue weighted by Gasteiger charge is -2.13. The highest BCUT2D eigenvalue weighted by Gasteiger charge is 2.36. The molecule has 4 rings (SSSR count). The van der Waals surface area contributed by atoms with Crippen molar-refractivity contribution >= 4 is 22.4 Å². The Hall–Kier alpha value is -3.81. The number of nitrogens with one attached hydrogen (secondary N) is 1. The number of amides is 1. The van der Waals surface area contributed by atoms with Crippen LogP contribution in [0.3, 0.4) is 0 Å². The molecule has 2 aromatic carbocycles. The van der Waals surface area contributed by atoms with E-state index < -0.39 is 29.4 Å². The standard InChI is InChI=1S/C20H12F6N6OS/c21-19(22,23)13-5-11(6-14(8-13)20(24,25)26)7-16-9-27-18(34-16)29-17(33)12-1-3-15(4-2-12)32-10-28-30-31-32/h1-6,8-10H,7H2,(H,27,29,33). The summed E-state index contributed by atoms with van der Waals surface area (Å²) >= 11 is 0.942. The molecule has 0 fully saturated rings. The lowest BCUT2D eigenvalue weighted by atomic mass is 10.0. The van der Waals surface area contributed by atoms with Gasteiger partial charge >= 0.3 is 12.4 Å². The normalized spacial score (nSPS) is 12.1. The molecule has 7 nitrogen and oxygen atoms in total. The van der Waals surface area contributed by atoms with Crippen LogP contribution >= 0.6 is 11.3 Å². The fourth-order valence-electron chi connectivity index (χ4n) is 2.98. The Bertz CT molecular complexity index is 1270. The first kappa shape index (κ1) is 23.4. The molecule has 2 aromatic heterocycles. The summed E-state index contributed by atoms with van der Waals surface area (Å²) in [7, 11) is 0. The number of thiazole rings is 1. The van der Waals surface area contributed by atoms with E-state index in [1.54, 1.807) is 12.1 Å². The average Bonchev–Trinajstić information content (AvgIpc) is 3.45. The molecule has 0 aliphatic rings. The van der Waals surface area contributed by atoms with E-state index in [1.165, 1.54) is 29.3 Å². The van der Waals surface area contributed by atoms with Gasteiger partial charge in [-0.3, -0.25) is 10.1 Å². The van der Waals surface area contributed by atoms with Gasteiger partial charge in [-0.2, -0.15) is 26.3 Å². The van der Waals surface area contributed by atoms with E-state index in [1.807, 2.05) is 0 Å². The molecule has 1 N–H and O–H groups in total. The number of tetrazole rings is 1. The molecule has 0 saturated carbocycles. The molecule has 34 heavy (non-hydrogen) atoms. The number of benzene rings is 2. The van der Waals surface area contributed by atoms with Gasteiger partial charge < -0.3 is 0 Å². The number of hydrogen-bond donors (Lipinski definition) is 1. The van der Waals surface area contributed by atoms with Gasteiger partial charge in [0.05, 0.1) is 16.8 Å². The molecule has 0 unspecified atom stereocenters. The Balaban J connectivity index is 1.48. The van der Waals surface area contributed by atoms with Crippen molar-refractivity contribution in [1.29, 1.82) is 0 Å². The molecule has 0 saturated heterocycles. The smallest absolute Gasteiger partial charge is 0.298 e. The minimum absolute atomic E-state index is 0.0759. The number of anilines is 1. The molecule has 0 radical (unpaired) electrons. The van der Waals surface area contributed by atoms with E-state index in [0.29, 0.717) is 28.3 Å². The van der Waals surface area contributed by atoms with Crippen molar-refractivity contribution in [3.63, 3.8) is 0 Å². The number of aromatic nitrogens is 5. The third kappa shape index (κ3) is 5.39. The van der Waals surface area contributed by atoms with Crippen molar-refractivity contribution in [1.82, 2.24) is 25.2 Å². The van der Waals surface area contributed by atoms with E-state index in [2.05, 4.69) is 25.8 Å². The molecular weight excluding hydrogens is 486 g/mol. The predicted octanol–water partition coefficient (Wildman–Crippen LogP) is 5.00. The molecule has 0 spiro atoms. The number of carbonyl (C=O) groups is 1. The molecule has 0 aliphatic carbocycles. The van der Waals surface area contributed by atoms with Crippen molar-refractivity contribution < 1.29 is 31.1 Å². The van der Waals surface area contributed by atoms with Crippen LogP contribution in [0.15, 0.2) is 55.0 Å². The second kappa shape index (κ2) is 8.85. The Morgan fingerprint density at radius 1 is 0.971 bits per heavy atom. The summed E-state index contributed by atoms with van der Waals surface area (Å²) in [4.78, 5) is 16.8. The van der Waals surface area contributed by atoms with Crippen molar-refractivity contribution in [3.8, 4) is 5.69 Å². The van der Waals surface area contributed by atoms with Gasteiger partial charge in [-0.25, -0.2) is 9.67 Å². The molecule has 1 amide bonds. The van der Waals surface area contributed by atoms with Crippen molar-refractivity contribution in [2.24, 2.45) is 0 Å². The summed E-state index contributed by atoms with van der Waals surface area (Å²) < 4.78 is 79.7. The van der Waals surface area contributed by atoms with Crippen LogP contribution in [0.5, 0.6) is 0 Å². The second-order valence-corrected chi connectivity index (χ2v) is 8.09. The Morgan fingerprint density at radius 3 is 2.18 bits per heavy atom. The number of rotatable bonds is 5. The van der Waals surface area contributed by atoms with Crippen LogP contribution in [0, 0.1) is 0 Å². The van der Waals surface area contributed by atoms with Gasteiger partial charge in [-0.15, -0.1) is 16.4 Å². The summed E-state index contributed by atoms with van der Waals surface area (Å²) in [6.45, 7) is 0. The van der Waals surface area contributed by atoms with E-state index in [0.717, 1.165) is 11.3 Å². The fourth-order valence-corrected chi connectivity index (χ4v) is 3.83. The monoisotopic (exact) mass is 498 g/mol. The first-order valence-corrected chi connectivity index (χ1v) is 10.2. The largest absolute Gasteiger partial charge is 0.416 e. The van der Waals surface area contributed by atoms with Gasteiger partial charge in [0, 0.05) is 23.1 Å². The van der Waals surface area contributed by atoms with Crippen LogP contribution in [0.2, 0.25) is 0 Å². The maximum atomic E-state index is 13.1. The summed E-state index contributed by atoms with van der Waals surface area (Å²) in [6.07, 6.45) is -7.41. The first-order valence-electron chi connectivity index (χ1n) is 9.37. The zero-order chi connectivity index (χ0) is 24.5. The lowest BCUT2D eigenvalue weighted by Crippen LogP contribution is -2.12. The third-order valence-corrected chi connectivity index (χ3v) is 5.46. The Labute approximate surface area is 191 Å². The summed E-state index contributed by atoms with van der Waals surface area (Å²) in [5.74, 6) is -0.498. The Morgan fingerprint density at radius 2 is 1.62 bits per heavy atom. The lowest BCUT2D eigenvalue weighted by molar-refractivity contribution is -0.143. The molecule has 176 valence electrons. The van der Waals surface area contributed by atoms with E-state index in [4.69, 9.17) is 0 Å². The first-order chi connectivity index (χ1) is 16.0. The molecular formula is C20H12F6N6OS. The van der Waals surface area contributed by atoms with Gasteiger partial charge in [0.1, 0.15) is 6.33 Å². The molecule has 0 atom stereocenters. The van der Waals surface area contributed by atoms with Crippen LogP contribution < -0.4 is 5.32 Å². The van der Waals surface area contributed by atoms with Gasteiger partial charge in [0.25, 0.3) is 5.91 Å². The molecule has 2 heterocycles. The van der Waals surface area contributed by atoms with Crippen LogP contribution in [-0.4, -0.2) is 31.1 Å². The number of hydrogen-bond acceptors (Lipinski definition) is 6. The third-order valence-electron chi connectivity index (χ3n) is 4.54. The van der Waals surface area contributed by atoms with E-state index in [-0.39, 0.29) is 23.2 Å².